The lowest BCUT2D eigenvalue weighted by Crippen LogP contribution is -2.19. The molecule has 9 heteroatoms. The summed E-state index contributed by atoms with van der Waals surface area (Å²) in [6.07, 6.45) is 1.70. The molecule has 3 aromatic carbocycles. The maximum atomic E-state index is 13.5. The second-order valence-electron chi connectivity index (χ2n) is 7.14. The van der Waals surface area contributed by atoms with Crippen molar-refractivity contribution < 1.29 is 18.7 Å². The molecule has 5 nitrogen and oxygen atoms in total. The van der Waals surface area contributed by atoms with Gasteiger partial charge in [0, 0.05) is 5.02 Å². The van der Waals surface area contributed by atoms with Crippen molar-refractivity contribution in [1.82, 2.24) is 5.32 Å². The van der Waals surface area contributed by atoms with Crippen LogP contribution in [0.3, 0.4) is 0 Å². The summed E-state index contributed by atoms with van der Waals surface area (Å²) in [7, 11) is 0. The molecule has 0 radical (unpaired) electrons. The lowest BCUT2D eigenvalue weighted by atomic mass is 10.1. The molecular weight excluding hydrogens is 498 g/mol. The maximum absolute atomic E-state index is 13.5. The van der Waals surface area contributed by atoms with Gasteiger partial charge < -0.3 is 14.8 Å². The monoisotopic (exact) mass is 516 g/mol. The first-order valence-corrected chi connectivity index (χ1v) is 11.9. The number of aliphatic imine (C=N–C) groups is 1. The Kier molecular flexibility index (Phi) is 7.77. The van der Waals surface area contributed by atoms with Gasteiger partial charge in [-0.05, 0) is 84.4 Å². The zero-order chi connectivity index (χ0) is 24.1. The van der Waals surface area contributed by atoms with Crippen LogP contribution in [0.5, 0.6) is 11.5 Å². The average Bonchev–Trinajstić information content (AvgIpc) is 3.13. The third-order valence-electron chi connectivity index (χ3n) is 4.61. The van der Waals surface area contributed by atoms with Crippen LogP contribution in [0.1, 0.15) is 18.1 Å². The fourth-order valence-electron chi connectivity index (χ4n) is 3.12. The minimum atomic E-state index is -0.342. The second kappa shape index (κ2) is 11.0. The Morgan fingerprint density at radius 2 is 1.88 bits per heavy atom. The molecule has 1 fully saturated rings. The number of thioether (sulfide) groups is 1. The van der Waals surface area contributed by atoms with Gasteiger partial charge in [0.25, 0.3) is 5.91 Å². The molecule has 4 rings (SSSR count). The molecule has 0 bridgehead atoms. The molecule has 1 N–H and O–H groups in total. The Balaban J connectivity index is 1.55. The summed E-state index contributed by atoms with van der Waals surface area (Å²) >= 11 is 13.6. The van der Waals surface area contributed by atoms with Crippen molar-refractivity contribution in [1.29, 1.82) is 0 Å². The van der Waals surface area contributed by atoms with Crippen LogP contribution < -0.4 is 14.8 Å². The number of halogens is 3. The van der Waals surface area contributed by atoms with Gasteiger partial charge in [0.1, 0.15) is 12.4 Å². The standard InChI is InChI=1S/C25H19Cl2FN2O3S/c1-2-32-21-12-16(11-20(27)23(21)33-14-15-4-3-5-18(28)10-15)13-22-24(31)30-25(34-22)29-19-8-6-17(26)7-9-19/h3-13H,2,14H2,1H3,(H,29,30,31)/b22-13-. The smallest absolute Gasteiger partial charge is 0.264 e. The van der Waals surface area contributed by atoms with E-state index in [0.29, 0.717) is 55.0 Å². The lowest BCUT2D eigenvalue weighted by molar-refractivity contribution is -0.115. The van der Waals surface area contributed by atoms with Crippen molar-refractivity contribution in [3.63, 3.8) is 0 Å². The van der Waals surface area contributed by atoms with Gasteiger partial charge in [-0.2, -0.15) is 0 Å². The quantitative estimate of drug-likeness (QED) is 0.343. The van der Waals surface area contributed by atoms with Crippen LogP contribution in [0, 0.1) is 5.82 Å². The van der Waals surface area contributed by atoms with Crippen LogP contribution in [0.15, 0.2) is 70.6 Å². The van der Waals surface area contributed by atoms with Crippen LogP contribution >= 0.6 is 35.0 Å². The van der Waals surface area contributed by atoms with Crippen molar-refractivity contribution >= 4 is 57.8 Å². The Morgan fingerprint density at radius 1 is 1.09 bits per heavy atom. The largest absolute Gasteiger partial charge is 0.490 e. The molecule has 1 aliphatic rings. The van der Waals surface area contributed by atoms with Crippen LogP contribution in [-0.4, -0.2) is 17.7 Å². The van der Waals surface area contributed by atoms with Gasteiger partial charge in [-0.3, -0.25) is 4.79 Å². The van der Waals surface area contributed by atoms with Crippen molar-refractivity contribution in [2.24, 2.45) is 4.99 Å². The number of rotatable bonds is 7. The summed E-state index contributed by atoms with van der Waals surface area (Å²) in [6.45, 7) is 2.36. The molecule has 3 aromatic rings. The van der Waals surface area contributed by atoms with Gasteiger partial charge >= 0.3 is 0 Å². The molecule has 174 valence electrons. The van der Waals surface area contributed by atoms with Crippen LogP contribution in [-0.2, 0) is 11.4 Å². The van der Waals surface area contributed by atoms with E-state index in [0.717, 1.165) is 0 Å². The molecule has 0 unspecified atom stereocenters. The summed E-state index contributed by atoms with van der Waals surface area (Å²) < 4.78 is 25.0. The summed E-state index contributed by atoms with van der Waals surface area (Å²) in [5.41, 5.74) is 2.00. The zero-order valence-electron chi connectivity index (χ0n) is 18.0. The summed E-state index contributed by atoms with van der Waals surface area (Å²) in [4.78, 5) is 17.3. The van der Waals surface area contributed by atoms with E-state index in [1.165, 1.54) is 23.9 Å². The minimum Gasteiger partial charge on any atom is -0.490 e. The van der Waals surface area contributed by atoms with E-state index < -0.39 is 0 Å². The number of nitrogens with zero attached hydrogens (tertiary/aromatic N) is 1. The number of nitrogens with one attached hydrogen (secondary N) is 1. The van der Waals surface area contributed by atoms with E-state index in [2.05, 4.69) is 10.3 Å². The highest BCUT2D eigenvalue weighted by molar-refractivity contribution is 8.18. The van der Waals surface area contributed by atoms with Gasteiger partial charge in [0.2, 0.25) is 0 Å². The first kappa shape index (κ1) is 24.1. The first-order valence-electron chi connectivity index (χ1n) is 10.3. The number of amides is 1. The van der Waals surface area contributed by atoms with Crippen LogP contribution in [0.25, 0.3) is 6.08 Å². The Labute approximate surface area is 210 Å². The van der Waals surface area contributed by atoms with Gasteiger partial charge in [-0.25, -0.2) is 9.38 Å². The highest BCUT2D eigenvalue weighted by atomic mass is 35.5. The number of carbonyl (C=O) groups excluding carboxylic acids is 1. The van der Waals surface area contributed by atoms with E-state index in [-0.39, 0.29) is 18.3 Å². The summed E-state index contributed by atoms with van der Waals surface area (Å²) in [5, 5.41) is 4.13. The third-order valence-corrected chi connectivity index (χ3v) is 6.05. The number of amidine groups is 1. The van der Waals surface area contributed by atoms with Gasteiger partial charge in [-0.15, -0.1) is 0 Å². The van der Waals surface area contributed by atoms with Gasteiger partial charge in [0.15, 0.2) is 16.7 Å². The van der Waals surface area contributed by atoms with E-state index in [1.807, 2.05) is 6.92 Å². The number of hydrogen-bond acceptors (Lipinski definition) is 5. The second-order valence-corrected chi connectivity index (χ2v) is 9.01. The lowest BCUT2D eigenvalue weighted by Gasteiger charge is -2.14. The SMILES string of the molecule is CCOc1cc(/C=C2\SC(=Nc3ccc(Cl)cc3)NC2=O)cc(Cl)c1OCc1cccc(F)c1. The number of carbonyl (C=O) groups is 1. The first-order chi connectivity index (χ1) is 16.4. The van der Waals surface area contributed by atoms with Gasteiger partial charge in [-0.1, -0.05) is 35.3 Å². The molecule has 1 heterocycles. The molecule has 0 aliphatic carbocycles. The molecule has 0 spiro atoms. The maximum Gasteiger partial charge on any atom is 0.264 e. The topological polar surface area (TPSA) is 59.9 Å². The molecule has 0 saturated carbocycles. The fraction of sp³-hybridized carbons (Fsp3) is 0.120. The van der Waals surface area contributed by atoms with E-state index in [9.17, 15) is 9.18 Å². The third kappa shape index (κ3) is 6.11. The van der Waals surface area contributed by atoms with Crippen molar-refractivity contribution in [3.8, 4) is 11.5 Å². The highest BCUT2D eigenvalue weighted by Gasteiger charge is 2.24. The Bertz CT molecular complexity index is 1280. The minimum absolute atomic E-state index is 0.126. The highest BCUT2D eigenvalue weighted by Crippen LogP contribution is 2.39. The van der Waals surface area contributed by atoms with Crippen molar-refractivity contribution in [3.05, 3.63) is 92.6 Å². The van der Waals surface area contributed by atoms with E-state index in [1.54, 1.807) is 54.6 Å². The predicted molar refractivity (Wildman–Crippen MR) is 136 cm³/mol. The number of ether oxygens (including phenoxy) is 2. The van der Waals surface area contributed by atoms with E-state index in [4.69, 9.17) is 32.7 Å². The van der Waals surface area contributed by atoms with Crippen molar-refractivity contribution in [2.75, 3.05) is 6.61 Å². The average molecular weight is 517 g/mol. The zero-order valence-corrected chi connectivity index (χ0v) is 20.3. The van der Waals surface area contributed by atoms with Crippen LogP contribution in [0.4, 0.5) is 10.1 Å². The molecular formula is C25H19Cl2FN2O3S. The molecule has 0 aromatic heterocycles. The fourth-order valence-corrected chi connectivity index (χ4v) is 4.36. The molecule has 0 atom stereocenters. The van der Waals surface area contributed by atoms with Crippen molar-refractivity contribution in [2.45, 2.75) is 13.5 Å². The molecule has 1 amide bonds. The predicted octanol–water partition coefficient (Wildman–Crippen LogP) is 7.00. The van der Waals surface area contributed by atoms with Crippen LogP contribution in [0.2, 0.25) is 10.0 Å². The number of benzene rings is 3. The Morgan fingerprint density at radius 3 is 2.62 bits per heavy atom. The summed E-state index contributed by atoms with van der Waals surface area (Å²) in [5.74, 6) is 0.170. The Hall–Kier alpha value is -3.00. The van der Waals surface area contributed by atoms with Gasteiger partial charge in [0.05, 0.1) is 22.2 Å². The molecule has 34 heavy (non-hydrogen) atoms. The van der Waals surface area contributed by atoms with E-state index >= 15 is 0 Å². The molecule has 1 aliphatic heterocycles. The normalized spacial score (nSPS) is 15.6. The number of hydrogen-bond donors (Lipinski definition) is 1. The molecule has 1 saturated heterocycles. The summed E-state index contributed by atoms with van der Waals surface area (Å²) in [6, 6.07) is 16.5.